The molecule has 198 valence electrons. The first-order chi connectivity index (χ1) is 18.5. The van der Waals surface area contributed by atoms with Crippen LogP contribution < -0.4 is 14.8 Å². The first kappa shape index (κ1) is 25.8. The summed E-state index contributed by atoms with van der Waals surface area (Å²) in [5.74, 6) is 0.975. The summed E-state index contributed by atoms with van der Waals surface area (Å²) < 4.78 is 26.9. The highest BCUT2D eigenvalue weighted by Crippen LogP contribution is 2.38. The molecule has 3 aromatic carbocycles. The van der Waals surface area contributed by atoms with Crippen molar-refractivity contribution in [2.75, 3.05) is 14.2 Å². The fraction of sp³-hybridized carbons (Fsp3) is 0.344. The molecule has 1 saturated carbocycles. The smallest absolute Gasteiger partial charge is 0.221 e. The van der Waals surface area contributed by atoms with E-state index in [1.165, 1.54) is 31.4 Å². The maximum atomic E-state index is 13.5. The first-order valence-electron chi connectivity index (χ1n) is 13.4. The van der Waals surface area contributed by atoms with E-state index < -0.39 is 0 Å². The number of aromatic nitrogens is 1. The van der Waals surface area contributed by atoms with Gasteiger partial charge in [0.2, 0.25) is 5.91 Å². The van der Waals surface area contributed by atoms with Gasteiger partial charge in [0.15, 0.2) is 0 Å². The number of ether oxygens (including phenoxy) is 2. The molecule has 1 fully saturated rings. The lowest BCUT2D eigenvalue weighted by molar-refractivity contribution is -0.122. The van der Waals surface area contributed by atoms with E-state index in [1.54, 1.807) is 14.2 Å². The number of halogens is 1. The third-order valence-electron chi connectivity index (χ3n) is 7.60. The summed E-state index contributed by atoms with van der Waals surface area (Å²) in [5, 5.41) is 4.39. The molecule has 5 nitrogen and oxygen atoms in total. The molecule has 4 aromatic rings. The number of para-hydroxylation sites is 1. The number of benzene rings is 3. The third kappa shape index (κ3) is 5.85. The number of rotatable bonds is 9. The van der Waals surface area contributed by atoms with Crippen molar-refractivity contribution in [3.05, 3.63) is 95.4 Å². The minimum Gasteiger partial charge on any atom is -0.497 e. The normalized spacial score (nSPS) is 14.8. The minimum absolute atomic E-state index is 0.0547. The first-order valence-corrected chi connectivity index (χ1v) is 13.4. The van der Waals surface area contributed by atoms with Crippen molar-refractivity contribution in [2.24, 2.45) is 0 Å². The number of hydrogen-bond donors (Lipinski definition) is 1. The molecule has 1 atom stereocenters. The molecule has 5 rings (SSSR count). The average Bonchev–Trinajstić information content (AvgIpc) is 3.31. The Kier molecular flexibility index (Phi) is 7.97. The molecular weight excluding hydrogens is 479 g/mol. The molecule has 0 spiro atoms. The van der Waals surface area contributed by atoms with Gasteiger partial charge in [-0.2, -0.15) is 0 Å². The number of fused-ring (bicyclic) bond motifs is 1. The van der Waals surface area contributed by atoms with Gasteiger partial charge >= 0.3 is 0 Å². The van der Waals surface area contributed by atoms with Gasteiger partial charge < -0.3 is 19.4 Å². The molecule has 1 N–H and O–H groups in total. The number of carbonyl (C=O) groups is 1. The molecule has 0 aliphatic heterocycles. The molecule has 0 unspecified atom stereocenters. The number of nitrogens with one attached hydrogen (secondary N) is 1. The van der Waals surface area contributed by atoms with Crippen LogP contribution >= 0.6 is 0 Å². The maximum Gasteiger partial charge on any atom is 0.221 e. The van der Waals surface area contributed by atoms with Gasteiger partial charge in [-0.25, -0.2) is 4.39 Å². The van der Waals surface area contributed by atoms with Crippen molar-refractivity contribution in [2.45, 2.75) is 57.0 Å². The van der Waals surface area contributed by atoms with Crippen LogP contribution in [0, 0.1) is 5.82 Å². The molecule has 1 heterocycles. The van der Waals surface area contributed by atoms with Gasteiger partial charge in [0.25, 0.3) is 0 Å². The van der Waals surface area contributed by atoms with E-state index in [1.807, 2.05) is 42.5 Å². The minimum atomic E-state index is -0.247. The standard InChI is InChI=1S/C32H35FN2O3/c1-37-26-16-23(17-27(18-26)38-2)29(19-32(36)34-25-8-4-3-5-9-25)30-21-35(31-11-7-6-10-28(30)31)20-22-12-14-24(33)15-13-22/h6-7,10-18,21,25,29H,3-5,8-9,19-20H2,1-2H3,(H,34,36)/t29-/m1/s1. The number of amides is 1. The lowest BCUT2D eigenvalue weighted by atomic mass is 9.87. The Morgan fingerprint density at radius 2 is 1.66 bits per heavy atom. The topological polar surface area (TPSA) is 52.5 Å². The summed E-state index contributed by atoms with van der Waals surface area (Å²) in [6.07, 6.45) is 8.11. The second kappa shape index (κ2) is 11.7. The highest BCUT2D eigenvalue weighted by molar-refractivity contribution is 5.87. The van der Waals surface area contributed by atoms with Crippen LogP contribution in [0.4, 0.5) is 4.39 Å². The second-order valence-corrected chi connectivity index (χ2v) is 10.2. The Morgan fingerprint density at radius 3 is 2.34 bits per heavy atom. The number of nitrogens with zero attached hydrogens (tertiary/aromatic N) is 1. The maximum absolute atomic E-state index is 13.5. The number of carbonyl (C=O) groups excluding carboxylic acids is 1. The molecule has 0 bridgehead atoms. The van der Waals surface area contributed by atoms with Crippen LogP contribution in [-0.2, 0) is 11.3 Å². The van der Waals surface area contributed by atoms with Crippen molar-refractivity contribution in [1.29, 1.82) is 0 Å². The zero-order chi connectivity index (χ0) is 26.5. The SMILES string of the molecule is COc1cc(OC)cc([C@@H](CC(=O)NC2CCCCC2)c2cn(Cc3ccc(F)cc3)c3ccccc23)c1. The molecule has 1 aliphatic rings. The highest BCUT2D eigenvalue weighted by atomic mass is 19.1. The van der Waals surface area contributed by atoms with Gasteiger partial charge in [0.1, 0.15) is 17.3 Å². The van der Waals surface area contributed by atoms with E-state index in [9.17, 15) is 9.18 Å². The predicted molar refractivity (Wildman–Crippen MR) is 148 cm³/mol. The van der Waals surface area contributed by atoms with E-state index in [0.717, 1.165) is 40.4 Å². The monoisotopic (exact) mass is 514 g/mol. The molecule has 38 heavy (non-hydrogen) atoms. The van der Waals surface area contributed by atoms with Crippen LogP contribution in [-0.4, -0.2) is 30.7 Å². The van der Waals surface area contributed by atoms with Gasteiger partial charge in [-0.05, 0) is 59.9 Å². The Hall–Kier alpha value is -3.80. The fourth-order valence-electron chi connectivity index (χ4n) is 5.63. The van der Waals surface area contributed by atoms with Crippen LogP contribution in [0.5, 0.6) is 11.5 Å². The summed E-state index contributed by atoms with van der Waals surface area (Å²) in [5.41, 5.74) is 4.11. The van der Waals surface area contributed by atoms with Gasteiger partial charge in [-0.1, -0.05) is 49.6 Å². The number of methoxy groups -OCH3 is 2. The van der Waals surface area contributed by atoms with E-state index in [4.69, 9.17) is 9.47 Å². The van der Waals surface area contributed by atoms with Crippen molar-refractivity contribution in [3.8, 4) is 11.5 Å². The quantitative estimate of drug-likeness (QED) is 0.267. The van der Waals surface area contributed by atoms with Crippen LogP contribution in [0.1, 0.15) is 61.1 Å². The zero-order valence-electron chi connectivity index (χ0n) is 22.1. The second-order valence-electron chi connectivity index (χ2n) is 10.2. The summed E-state index contributed by atoms with van der Waals surface area (Å²) >= 11 is 0. The Morgan fingerprint density at radius 1 is 0.974 bits per heavy atom. The molecule has 6 heteroatoms. The molecule has 0 radical (unpaired) electrons. The largest absolute Gasteiger partial charge is 0.497 e. The van der Waals surface area contributed by atoms with E-state index in [-0.39, 0.29) is 23.7 Å². The lowest BCUT2D eigenvalue weighted by Crippen LogP contribution is -2.36. The highest BCUT2D eigenvalue weighted by Gasteiger charge is 2.25. The van der Waals surface area contributed by atoms with Gasteiger partial charge in [0, 0.05) is 48.1 Å². The summed E-state index contributed by atoms with van der Waals surface area (Å²) in [6, 6.07) is 20.9. The van der Waals surface area contributed by atoms with Crippen LogP contribution in [0.25, 0.3) is 10.9 Å². The van der Waals surface area contributed by atoms with E-state index >= 15 is 0 Å². The van der Waals surface area contributed by atoms with Crippen LogP contribution in [0.3, 0.4) is 0 Å². The van der Waals surface area contributed by atoms with Gasteiger partial charge in [-0.3, -0.25) is 4.79 Å². The zero-order valence-corrected chi connectivity index (χ0v) is 22.1. The van der Waals surface area contributed by atoms with Gasteiger partial charge in [0.05, 0.1) is 14.2 Å². The van der Waals surface area contributed by atoms with Crippen molar-refractivity contribution in [3.63, 3.8) is 0 Å². The van der Waals surface area contributed by atoms with E-state index in [2.05, 4.69) is 28.2 Å². The molecule has 1 aliphatic carbocycles. The Labute approximate surface area is 223 Å². The average molecular weight is 515 g/mol. The van der Waals surface area contributed by atoms with Crippen molar-refractivity contribution < 1.29 is 18.7 Å². The lowest BCUT2D eigenvalue weighted by Gasteiger charge is -2.25. The van der Waals surface area contributed by atoms with Crippen LogP contribution in [0.2, 0.25) is 0 Å². The summed E-state index contributed by atoms with van der Waals surface area (Å²) in [6.45, 7) is 0.600. The molecular formula is C32H35FN2O3. The van der Waals surface area contributed by atoms with Crippen molar-refractivity contribution in [1.82, 2.24) is 9.88 Å². The predicted octanol–water partition coefficient (Wildman–Crippen LogP) is 6.82. The fourth-order valence-corrected chi connectivity index (χ4v) is 5.63. The Balaban J connectivity index is 1.56. The van der Waals surface area contributed by atoms with Gasteiger partial charge in [-0.15, -0.1) is 0 Å². The molecule has 1 amide bonds. The molecule has 1 aromatic heterocycles. The van der Waals surface area contributed by atoms with E-state index in [0.29, 0.717) is 24.5 Å². The third-order valence-corrected chi connectivity index (χ3v) is 7.60. The molecule has 0 saturated heterocycles. The Bertz CT molecular complexity index is 1370. The number of hydrogen-bond acceptors (Lipinski definition) is 3. The summed E-state index contributed by atoms with van der Waals surface area (Å²) in [7, 11) is 3.27. The van der Waals surface area contributed by atoms with Crippen LogP contribution in [0.15, 0.2) is 72.9 Å². The van der Waals surface area contributed by atoms with Crippen molar-refractivity contribution >= 4 is 16.8 Å². The summed E-state index contributed by atoms with van der Waals surface area (Å²) in [4.78, 5) is 13.4.